The fraction of sp³-hybridized carbons (Fsp3) is 0.250. The van der Waals surface area contributed by atoms with E-state index >= 15 is 0 Å². The summed E-state index contributed by atoms with van der Waals surface area (Å²) in [5.74, 6) is 0.689. The van der Waals surface area contributed by atoms with Gasteiger partial charge in [0.25, 0.3) is 0 Å². The molecular formula is C16H17NO2. The third-order valence-electron chi connectivity index (χ3n) is 3.87. The molecule has 0 spiro atoms. The summed E-state index contributed by atoms with van der Waals surface area (Å²) < 4.78 is 5.37. The lowest BCUT2D eigenvalue weighted by Crippen LogP contribution is -2.25. The number of rotatable bonds is 2. The molecule has 3 nitrogen and oxygen atoms in total. The lowest BCUT2D eigenvalue weighted by molar-refractivity contribution is 0.0748. The number of ether oxygens (including phenoxy) is 1. The molecule has 98 valence electrons. The number of nitrogens with two attached hydrogens (primary N) is 1. The average molecular weight is 255 g/mol. The van der Waals surface area contributed by atoms with E-state index in [2.05, 4.69) is 0 Å². The Morgan fingerprint density at radius 1 is 1.11 bits per heavy atom. The van der Waals surface area contributed by atoms with Crippen LogP contribution in [0.5, 0.6) is 5.75 Å². The highest BCUT2D eigenvalue weighted by Gasteiger charge is 2.43. The second kappa shape index (κ2) is 4.37. The lowest BCUT2D eigenvalue weighted by atomic mass is 9.87. The van der Waals surface area contributed by atoms with Crippen LogP contribution in [0.1, 0.15) is 29.2 Å². The maximum absolute atomic E-state index is 11.1. The van der Waals surface area contributed by atoms with Crippen molar-refractivity contribution in [2.24, 2.45) is 5.73 Å². The van der Waals surface area contributed by atoms with E-state index in [1.807, 2.05) is 48.5 Å². The molecule has 3 heteroatoms. The zero-order valence-corrected chi connectivity index (χ0v) is 10.8. The molecule has 0 saturated heterocycles. The minimum atomic E-state index is -1.07. The van der Waals surface area contributed by atoms with Gasteiger partial charge in [-0.3, -0.25) is 0 Å². The Labute approximate surface area is 112 Å². The third kappa shape index (κ3) is 1.74. The molecular weight excluding hydrogens is 238 g/mol. The van der Waals surface area contributed by atoms with Crippen molar-refractivity contribution in [1.29, 1.82) is 0 Å². The first-order valence-corrected chi connectivity index (χ1v) is 6.37. The van der Waals surface area contributed by atoms with Gasteiger partial charge < -0.3 is 15.6 Å². The Morgan fingerprint density at radius 2 is 1.74 bits per heavy atom. The molecule has 2 aromatic carbocycles. The van der Waals surface area contributed by atoms with E-state index in [1.165, 1.54) is 0 Å². The van der Waals surface area contributed by atoms with Crippen LogP contribution in [0.4, 0.5) is 0 Å². The zero-order chi connectivity index (χ0) is 13.5. The van der Waals surface area contributed by atoms with Crippen molar-refractivity contribution in [3.63, 3.8) is 0 Å². The fourth-order valence-electron chi connectivity index (χ4n) is 2.98. The van der Waals surface area contributed by atoms with E-state index in [-0.39, 0.29) is 6.04 Å². The van der Waals surface area contributed by atoms with Crippen LogP contribution in [0.15, 0.2) is 48.5 Å². The lowest BCUT2D eigenvalue weighted by Gasteiger charge is -2.26. The van der Waals surface area contributed by atoms with Gasteiger partial charge in [0, 0.05) is 18.0 Å². The smallest absolute Gasteiger partial charge is 0.125 e. The molecule has 2 aromatic rings. The minimum Gasteiger partial charge on any atom is -0.496 e. The summed E-state index contributed by atoms with van der Waals surface area (Å²) in [6.07, 6.45) is 0.479. The maximum Gasteiger partial charge on any atom is 0.125 e. The van der Waals surface area contributed by atoms with Crippen molar-refractivity contribution in [2.75, 3.05) is 7.11 Å². The third-order valence-corrected chi connectivity index (χ3v) is 3.87. The van der Waals surface area contributed by atoms with Gasteiger partial charge in [-0.15, -0.1) is 0 Å². The van der Waals surface area contributed by atoms with Crippen molar-refractivity contribution < 1.29 is 9.84 Å². The first-order chi connectivity index (χ1) is 9.16. The molecule has 0 aliphatic heterocycles. The first-order valence-electron chi connectivity index (χ1n) is 6.37. The quantitative estimate of drug-likeness (QED) is 0.866. The molecule has 1 aliphatic rings. The average Bonchev–Trinajstić information content (AvgIpc) is 2.72. The van der Waals surface area contributed by atoms with E-state index in [0.29, 0.717) is 12.2 Å². The van der Waals surface area contributed by atoms with Crippen LogP contribution in [0.25, 0.3) is 0 Å². The highest BCUT2D eigenvalue weighted by Crippen LogP contribution is 2.48. The SMILES string of the molecule is COc1ccccc1C1(O)CC(N)c2ccccc21. The van der Waals surface area contributed by atoms with Crippen molar-refractivity contribution in [3.8, 4) is 5.75 Å². The Morgan fingerprint density at radius 3 is 2.47 bits per heavy atom. The van der Waals surface area contributed by atoms with E-state index in [1.54, 1.807) is 7.11 Å². The number of benzene rings is 2. The van der Waals surface area contributed by atoms with Gasteiger partial charge in [0.2, 0.25) is 0 Å². The molecule has 0 amide bonds. The first kappa shape index (κ1) is 12.2. The van der Waals surface area contributed by atoms with E-state index < -0.39 is 5.60 Å². The van der Waals surface area contributed by atoms with Crippen LogP contribution in [0.2, 0.25) is 0 Å². The largest absolute Gasteiger partial charge is 0.496 e. The molecule has 0 bridgehead atoms. The van der Waals surface area contributed by atoms with Crippen LogP contribution in [0, 0.1) is 0 Å². The van der Waals surface area contributed by atoms with Crippen LogP contribution >= 0.6 is 0 Å². The molecule has 19 heavy (non-hydrogen) atoms. The summed E-state index contributed by atoms with van der Waals surface area (Å²) in [7, 11) is 1.61. The molecule has 0 heterocycles. The Bertz CT molecular complexity index is 611. The number of aliphatic hydroxyl groups is 1. The summed E-state index contributed by atoms with van der Waals surface area (Å²) in [6.45, 7) is 0. The Hall–Kier alpha value is -1.84. The van der Waals surface area contributed by atoms with Crippen LogP contribution in [-0.2, 0) is 5.60 Å². The topological polar surface area (TPSA) is 55.5 Å². The molecule has 3 N–H and O–H groups in total. The summed E-state index contributed by atoms with van der Waals surface area (Å²) in [5, 5.41) is 11.1. The Balaban J connectivity index is 2.20. The van der Waals surface area contributed by atoms with Gasteiger partial charge >= 0.3 is 0 Å². The summed E-state index contributed by atoms with van der Waals surface area (Å²) >= 11 is 0. The number of hydrogen-bond acceptors (Lipinski definition) is 3. The normalized spacial score (nSPS) is 25.1. The Kier molecular flexibility index (Phi) is 2.81. The van der Waals surface area contributed by atoms with Gasteiger partial charge in [-0.05, 0) is 17.2 Å². The molecule has 0 fully saturated rings. The van der Waals surface area contributed by atoms with Gasteiger partial charge in [0.05, 0.1) is 7.11 Å². The van der Waals surface area contributed by atoms with Gasteiger partial charge in [-0.2, -0.15) is 0 Å². The molecule has 2 unspecified atom stereocenters. The molecule has 0 radical (unpaired) electrons. The standard InChI is InChI=1S/C16H17NO2/c1-19-15-9-5-4-8-13(15)16(18)10-14(17)11-6-2-3-7-12(11)16/h2-9,14,18H,10,17H2,1H3. The van der Waals surface area contributed by atoms with Crippen molar-refractivity contribution >= 4 is 0 Å². The van der Waals surface area contributed by atoms with Gasteiger partial charge in [-0.1, -0.05) is 42.5 Å². The van der Waals surface area contributed by atoms with Gasteiger partial charge in [0.1, 0.15) is 11.4 Å². The summed E-state index contributed by atoms with van der Waals surface area (Å²) in [5.41, 5.74) is 7.75. The molecule has 0 saturated carbocycles. The number of para-hydroxylation sites is 1. The number of hydrogen-bond donors (Lipinski definition) is 2. The van der Waals surface area contributed by atoms with E-state index in [4.69, 9.17) is 10.5 Å². The van der Waals surface area contributed by atoms with Crippen molar-refractivity contribution in [1.82, 2.24) is 0 Å². The fourth-order valence-corrected chi connectivity index (χ4v) is 2.98. The second-order valence-corrected chi connectivity index (χ2v) is 4.96. The monoisotopic (exact) mass is 255 g/mol. The predicted molar refractivity (Wildman–Crippen MR) is 74.0 cm³/mol. The van der Waals surface area contributed by atoms with Crippen LogP contribution in [0.3, 0.4) is 0 Å². The molecule has 2 atom stereocenters. The van der Waals surface area contributed by atoms with E-state index in [0.717, 1.165) is 16.7 Å². The zero-order valence-electron chi connectivity index (χ0n) is 10.8. The molecule has 1 aliphatic carbocycles. The van der Waals surface area contributed by atoms with Gasteiger partial charge in [0.15, 0.2) is 0 Å². The van der Waals surface area contributed by atoms with Crippen molar-refractivity contribution in [2.45, 2.75) is 18.1 Å². The minimum absolute atomic E-state index is 0.147. The van der Waals surface area contributed by atoms with Crippen LogP contribution in [-0.4, -0.2) is 12.2 Å². The van der Waals surface area contributed by atoms with E-state index in [9.17, 15) is 5.11 Å². The van der Waals surface area contributed by atoms with Crippen molar-refractivity contribution in [3.05, 3.63) is 65.2 Å². The molecule has 0 aromatic heterocycles. The summed E-state index contributed by atoms with van der Waals surface area (Å²) in [4.78, 5) is 0. The second-order valence-electron chi connectivity index (χ2n) is 4.96. The number of fused-ring (bicyclic) bond motifs is 1. The highest BCUT2D eigenvalue weighted by molar-refractivity contribution is 5.51. The number of methoxy groups -OCH3 is 1. The highest BCUT2D eigenvalue weighted by atomic mass is 16.5. The maximum atomic E-state index is 11.1. The van der Waals surface area contributed by atoms with Crippen LogP contribution < -0.4 is 10.5 Å². The summed E-state index contributed by atoms with van der Waals surface area (Å²) in [6, 6.07) is 15.2. The molecule has 3 rings (SSSR count). The predicted octanol–water partition coefficient (Wildman–Crippen LogP) is 2.33. The van der Waals surface area contributed by atoms with Gasteiger partial charge in [-0.25, -0.2) is 0 Å².